The summed E-state index contributed by atoms with van der Waals surface area (Å²) >= 11 is 3.15. The molecule has 1 unspecified atom stereocenters. The number of benzene rings is 1. The van der Waals surface area contributed by atoms with E-state index in [2.05, 4.69) is 22.9 Å². The lowest BCUT2D eigenvalue weighted by molar-refractivity contribution is -0.116. The molecule has 1 amide bonds. The maximum Gasteiger partial charge on any atom is 0.226 e. The van der Waals surface area contributed by atoms with E-state index in [9.17, 15) is 9.18 Å². The predicted molar refractivity (Wildman–Crippen MR) is 121 cm³/mol. The zero-order valence-corrected chi connectivity index (χ0v) is 18.6. The molecule has 3 heterocycles. The van der Waals surface area contributed by atoms with Gasteiger partial charge in [-0.1, -0.05) is 0 Å². The maximum atomic E-state index is 13.6. The Balaban J connectivity index is 1.62. The van der Waals surface area contributed by atoms with E-state index in [0.29, 0.717) is 31.6 Å². The second-order valence-electron chi connectivity index (χ2n) is 7.25. The van der Waals surface area contributed by atoms with Gasteiger partial charge in [-0.15, -0.1) is 22.7 Å². The van der Waals surface area contributed by atoms with E-state index in [4.69, 9.17) is 9.72 Å². The number of anilines is 1. The first-order valence-corrected chi connectivity index (χ1v) is 11.6. The number of hydrogen-bond acceptors (Lipinski definition) is 7. The van der Waals surface area contributed by atoms with Crippen molar-refractivity contribution in [3.8, 4) is 10.6 Å². The van der Waals surface area contributed by atoms with Gasteiger partial charge in [0.05, 0.1) is 16.8 Å². The number of aromatic nitrogens is 1. The number of thiazole rings is 1. The first-order chi connectivity index (χ1) is 14.6. The van der Waals surface area contributed by atoms with Gasteiger partial charge >= 0.3 is 0 Å². The lowest BCUT2D eigenvalue weighted by Gasteiger charge is -2.20. The molecule has 1 aliphatic rings. The molecule has 9 heteroatoms. The fourth-order valence-electron chi connectivity index (χ4n) is 3.60. The molecule has 0 fully saturated rings. The molecule has 0 saturated carbocycles. The number of hydrogen-bond donors (Lipinski definition) is 3. The van der Waals surface area contributed by atoms with Crippen LogP contribution in [0.2, 0.25) is 0 Å². The Labute approximate surface area is 182 Å². The highest BCUT2D eigenvalue weighted by Crippen LogP contribution is 2.47. The number of carbonyl (C=O) groups excluding carboxylic acids is 1. The average molecular weight is 449 g/mol. The first-order valence-electron chi connectivity index (χ1n) is 10.0. The lowest BCUT2D eigenvalue weighted by atomic mass is 10.0. The van der Waals surface area contributed by atoms with Crippen LogP contribution in [-0.2, 0) is 16.0 Å². The molecule has 4 rings (SSSR count). The van der Waals surface area contributed by atoms with Crippen LogP contribution in [0.1, 0.15) is 29.8 Å². The van der Waals surface area contributed by atoms with Gasteiger partial charge in [0, 0.05) is 49.2 Å². The van der Waals surface area contributed by atoms with E-state index in [1.807, 2.05) is 0 Å². The van der Waals surface area contributed by atoms with Crippen LogP contribution in [-0.4, -0.2) is 44.2 Å². The molecule has 1 aromatic carbocycles. The fraction of sp³-hybridized carbons (Fsp3) is 0.429. The zero-order valence-electron chi connectivity index (χ0n) is 17.0. The summed E-state index contributed by atoms with van der Waals surface area (Å²) in [6.07, 6.45) is 1.26. The van der Waals surface area contributed by atoms with Crippen molar-refractivity contribution in [1.29, 1.82) is 0 Å². The van der Waals surface area contributed by atoms with Crippen molar-refractivity contribution >= 4 is 43.8 Å². The molecule has 2 aromatic heterocycles. The first kappa shape index (κ1) is 21.3. The molecular formula is C21H25FN4O2S2. The van der Waals surface area contributed by atoms with Gasteiger partial charge in [0.15, 0.2) is 0 Å². The normalized spacial score (nSPS) is 16.0. The van der Waals surface area contributed by atoms with Gasteiger partial charge in [-0.25, -0.2) is 9.37 Å². The third kappa shape index (κ3) is 4.55. The summed E-state index contributed by atoms with van der Waals surface area (Å²) in [6.45, 7) is 4.94. The summed E-state index contributed by atoms with van der Waals surface area (Å²) in [7, 11) is 1.65. The third-order valence-corrected chi connectivity index (χ3v) is 7.47. The predicted octanol–water partition coefficient (Wildman–Crippen LogP) is 3.94. The van der Waals surface area contributed by atoms with E-state index in [1.165, 1.54) is 33.9 Å². The van der Waals surface area contributed by atoms with Crippen molar-refractivity contribution in [2.75, 3.05) is 38.7 Å². The minimum atomic E-state index is -0.293. The van der Waals surface area contributed by atoms with Crippen LogP contribution in [0.5, 0.6) is 0 Å². The number of methoxy groups -OCH3 is 1. The molecule has 160 valence electrons. The van der Waals surface area contributed by atoms with Crippen molar-refractivity contribution in [1.82, 2.24) is 15.6 Å². The number of nitrogens with one attached hydrogen (secondary N) is 3. The number of nitrogens with zero attached hydrogens (tertiary/aromatic N) is 1. The molecular weight excluding hydrogens is 423 g/mol. The number of amides is 1. The minimum absolute atomic E-state index is 0.0347. The lowest BCUT2D eigenvalue weighted by Crippen LogP contribution is -2.26. The van der Waals surface area contributed by atoms with Gasteiger partial charge in [-0.2, -0.15) is 0 Å². The summed E-state index contributed by atoms with van der Waals surface area (Å²) < 4.78 is 19.6. The molecule has 6 nitrogen and oxygen atoms in total. The fourth-order valence-corrected chi connectivity index (χ4v) is 5.98. The van der Waals surface area contributed by atoms with Gasteiger partial charge < -0.3 is 20.7 Å². The molecule has 3 aromatic rings. The monoisotopic (exact) mass is 448 g/mol. The largest absolute Gasteiger partial charge is 0.383 e. The molecule has 0 spiro atoms. The second-order valence-corrected chi connectivity index (χ2v) is 9.33. The summed E-state index contributed by atoms with van der Waals surface area (Å²) in [5.41, 5.74) is 2.88. The number of fused-ring (bicyclic) bond motifs is 2. The molecule has 0 bridgehead atoms. The van der Waals surface area contributed by atoms with Crippen molar-refractivity contribution in [2.45, 2.75) is 25.8 Å². The Morgan fingerprint density at radius 2 is 2.23 bits per heavy atom. The smallest absolute Gasteiger partial charge is 0.226 e. The number of halogens is 1. The Bertz CT molecular complexity index is 1050. The highest BCUT2D eigenvalue weighted by molar-refractivity contribution is 7.23. The Kier molecular flexibility index (Phi) is 6.74. The van der Waals surface area contributed by atoms with Crippen LogP contribution in [0.3, 0.4) is 0 Å². The SMILES string of the molecule is COCCNCCC(=O)Nc1sc2c(c1-c1nc3cc(F)ccc3s1)CCNC2C. The molecule has 1 aliphatic heterocycles. The topological polar surface area (TPSA) is 75.3 Å². The van der Waals surface area contributed by atoms with Crippen LogP contribution in [0.25, 0.3) is 20.8 Å². The molecule has 3 N–H and O–H groups in total. The van der Waals surface area contributed by atoms with Crippen LogP contribution in [0.15, 0.2) is 18.2 Å². The van der Waals surface area contributed by atoms with E-state index in [-0.39, 0.29) is 17.8 Å². The van der Waals surface area contributed by atoms with Gasteiger partial charge in [0.25, 0.3) is 0 Å². The average Bonchev–Trinajstić information content (AvgIpc) is 3.28. The number of rotatable bonds is 8. The van der Waals surface area contributed by atoms with Crippen LogP contribution in [0, 0.1) is 5.82 Å². The van der Waals surface area contributed by atoms with Gasteiger partial charge in [-0.05, 0) is 37.6 Å². The van der Waals surface area contributed by atoms with Crippen molar-refractivity contribution in [2.24, 2.45) is 0 Å². The minimum Gasteiger partial charge on any atom is -0.383 e. The standard InChI is InChI=1S/C21H25FN4O2S2/c1-12-19-14(5-8-24-12)18(20-25-15-11-13(22)3-4-16(15)29-20)21(30-19)26-17(27)6-7-23-9-10-28-2/h3-4,11-12,23-24H,5-10H2,1-2H3,(H,26,27). The molecule has 1 atom stereocenters. The molecule has 30 heavy (non-hydrogen) atoms. The van der Waals surface area contributed by atoms with Crippen LogP contribution in [0.4, 0.5) is 9.39 Å². The summed E-state index contributed by atoms with van der Waals surface area (Å²) in [5.74, 6) is -0.327. The number of thiophene rings is 1. The Morgan fingerprint density at radius 3 is 3.07 bits per heavy atom. The quantitative estimate of drug-likeness (QED) is 0.455. The number of ether oxygens (including phenoxy) is 1. The van der Waals surface area contributed by atoms with Crippen LogP contribution >= 0.6 is 22.7 Å². The molecule has 0 radical (unpaired) electrons. The third-order valence-electron chi connectivity index (χ3n) is 5.09. The van der Waals surface area contributed by atoms with E-state index in [0.717, 1.165) is 33.2 Å². The van der Waals surface area contributed by atoms with Gasteiger partial charge in [0.2, 0.25) is 5.91 Å². The van der Waals surface area contributed by atoms with E-state index < -0.39 is 0 Å². The van der Waals surface area contributed by atoms with Crippen molar-refractivity contribution < 1.29 is 13.9 Å². The summed E-state index contributed by atoms with van der Waals surface area (Å²) in [5, 5.41) is 11.4. The van der Waals surface area contributed by atoms with Gasteiger partial charge in [-0.3, -0.25) is 4.79 Å². The molecule has 0 aliphatic carbocycles. The van der Waals surface area contributed by atoms with Crippen molar-refractivity contribution in [3.05, 3.63) is 34.5 Å². The maximum absolute atomic E-state index is 13.6. The zero-order chi connectivity index (χ0) is 21.1. The molecule has 0 saturated heterocycles. The highest BCUT2D eigenvalue weighted by atomic mass is 32.1. The highest BCUT2D eigenvalue weighted by Gasteiger charge is 2.28. The Morgan fingerprint density at radius 1 is 1.37 bits per heavy atom. The van der Waals surface area contributed by atoms with Crippen molar-refractivity contribution in [3.63, 3.8) is 0 Å². The van der Waals surface area contributed by atoms with Gasteiger partial charge in [0.1, 0.15) is 15.8 Å². The van der Waals surface area contributed by atoms with E-state index in [1.54, 1.807) is 24.5 Å². The summed E-state index contributed by atoms with van der Waals surface area (Å²) in [6, 6.07) is 4.91. The second kappa shape index (κ2) is 9.49. The Hall–Kier alpha value is -1.91. The van der Waals surface area contributed by atoms with Crippen LogP contribution < -0.4 is 16.0 Å². The summed E-state index contributed by atoms with van der Waals surface area (Å²) in [4.78, 5) is 18.5. The van der Waals surface area contributed by atoms with E-state index >= 15 is 0 Å². The number of carbonyl (C=O) groups is 1.